The number of halogens is 3. The van der Waals surface area contributed by atoms with Crippen LogP contribution < -0.4 is 0 Å². The molecule has 2 rings (SSSR count). The molecule has 0 aliphatic rings. The van der Waals surface area contributed by atoms with E-state index in [0.717, 1.165) is 10.3 Å². The largest absolute Gasteiger partial charge is 0.270 e. The first-order valence-corrected chi connectivity index (χ1v) is 6.89. The van der Waals surface area contributed by atoms with Gasteiger partial charge < -0.3 is 0 Å². The van der Waals surface area contributed by atoms with Crippen LogP contribution in [0.3, 0.4) is 0 Å². The molecule has 4 nitrogen and oxygen atoms in total. The van der Waals surface area contributed by atoms with E-state index in [4.69, 9.17) is 34.8 Å². The highest BCUT2D eigenvalue weighted by atomic mass is 35.5. The predicted octanol–water partition coefficient (Wildman–Crippen LogP) is 3.08. The molecule has 0 spiro atoms. The first-order chi connectivity index (χ1) is 7.94. The van der Waals surface area contributed by atoms with Gasteiger partial charge in [-0.2, -0.15) is 0 Å². The lowest BCUT2D eigenvalue weighted by molar-refractivity contribution is 0.587. The average Bonchev–Trinajstić information content (AvgIpc) is 2.79. The molecular weight excluding hydrogens is 307 g/mol. The number of hydrogen-bond acceptors (Lipinski definition) is 3. The Morgan fingerprint density at radius 3 is 2.41 bits per heavy atom. The Hall–Kier alpha value is -0.750. The Labute approximate surface area is 113 Å². The molecule has 0 aliphatic carbocycles. The third-order valence-electron chi connectivity index (χ3n) is 2.04. The second-order valence-corrected chi connectivity index (χ2v) is 6.05. The number of benzene rings is 1. The van der Waals surface area contributed by atoms with E-state index < -0.39 is 10.0 Å². The topological polar surface area (TPSA) is 52.0 Å². The highest BCUT2D eigenvalue weighted by molar-refractivity contribution is 7.90. The van der Waals surface area contributed by atoms with Gasteiger partial charge >= 0.3 is 0 Å². The number of imidazole rings is 1. The summed E-state index contributed by atoms with van der Waals surface area (Å²) in [4.78, 5) is 3.55. The van der Waals surface area contributed by atoms with Crippen LogP contribution in [0, 0.1) is 0 Å². The van der Waals surface area contributed by atoms with Crippen LogP contribution in [0.2, 0.25) is 15.1 Å². The molecule has 1 aromatic carbocycles. The van der Waals surface area contributed by atoms with E-state index in [-0.39, 0.29) is 20.0 Å². The lowest BCUT2D eigenvalue weighted by Gasteiger charge is -2.08. The van der Waals surface area contributed by atoms with Gasteiger partial charge in [-0.1, -0.05) is 34.8 Å². The maximum Gasteiger partial charge on any atom is 0.270 e. The molecule has 0 unspecified atom stereocenters. The van der Waals surface area contributed by atoms with Gasteiger partial charge in [0.1, 0.15) is 11.2 Å². The van der Waals surface area contributed by atoms with Gasteiger partial charge in [0, 0.05) is 12.4 Å². The quantitative estimate of drug-likeness (QED) is 0.801. The molecule has 0 radical (unpaired) electrons. The zero-order valence-electron chi connectivity index (χ0n) is 8.14. The fourth-order valence-corrected chi connectivity index (χ4v) is 3.28. The Bertz CT molecular complexity index is 653. The molecular formula is C9H5Cl3N2O2S. The van der Waals surface area contributed by atoms with E-state index in [1.807, 2.05) is 0 Å². The van der Waals surface area contributed by atoms with Crippen LogP contribution in [0.5, 0.6) is 0 Å². The zero-order chi connectivity index (χ0) is 12.6. The highest BCUT2D eigenvalue weighted by Gasteiger charge is 2.22. The zero-order valence-corrected chi connectivity index (χ0v) is 11.2. The normalized spacial score (nSPS) is 11.7. The summed E-state index contributed by atoms with van der Waals surface area (Å²) in [6.45, 7) is 0. The molecule has 0 saturated heterocycles. The van der Waals surface area contributed by atoms with Crippen molar-refractivity contribution in [2.45, 2.75) is 4.90 Å². The van der Waals surface area contributed by atoms with Crippen LogP contribution >= 0.6 is 34.8 Å². The molecule has 2 aromatic rings. The van der Waals surface area contributed by atoms with Crippen LogP contribution in [-0.2, 0) is 10.0 Å². The Morgan fingerprint density at radius 2 is 1.82 bits per heavy atom. The smallest absolute Gasteiger partial charge is 0.244 e. The van der Waals surface area contributed by atoms with Gasteiger partial charge in [0.2, 0.25) is 0 Å². The fourth-order valence-electron chi connectivity index (χ4n) is 1.21. The van der Waals surface area contributed by atoms with Crippen molar-refractivity contribution in [2.75, 3.05) is 0 Å². The van der Waals surface area contributed by atoms with E-state index in [9.17, 15) is 8.42 Å². The van der Waals surface area contributed by atoms with Crippen LogP contribution in [0.1, 0.15) is 0 Å². The standard InChI is InChI=1S/C9H5Cl3N2O2S/c10-6-1-2-7(9(12)8(6)11)17(15,16)14-4-3-13-5-14/h1-5H. The molecule has 8 heteroatoms. The van der Waals surface area contributed by atoms with Gasteiger partial charge in [-0.25, -0.2) is 17.4 Å². The first-order valence-electron chi connectivity index (χ1n) is 4.31. The van der Waals surface area contributed by atoms with Crippen molar-refractivity contribution >= 4 is 44.8 Å². The maximum absolute atomic E-state index is 12.1. The summed E-state index contributed by atoms with van der Waals surface area (Å²) in [7, 11) is -3.79. The van der Waals surface area contributed by atoms with Crippen molar-refractivity contribution in [1.29, 1.82) is 0 Å². The second kappa shape index (κ2) is 4.49. The molecule has 0 atom stereocenters. The van der Waals surface area contributed by atoms with Crippen molar-refractivity contribution in [2.24, 2.45) is 0 Å². The van der Waals surface area contributed by atoms with E-state index in [1.165, 1.54) is 24.5 Å². The summed E-state index contributed by atoms with van der Waals surface area (Å²) < 4.78 is 25.2. The van der Waals surface area contributed by atoms with Crippen molar-refractivity contribution in [3.63, 3.8) is 0 Å². The summed E-state index contributed by atoms with van der Waals surface area (Å²) in [6, 6.07) is 2.67. The van der Waals surface area contributed by atoms with Gasteiger partial charge in [0.25, 0.3) is 10.0 Å². The van der Waals surface area contributed by atoms with Gasteiger partial charge in [0.05, 0.1) is 15.1 Å². The second-order valence-electron chi connectivity index (χ2n) is 3.07. The molecule has 0 aliphatic heterocycles. The number of hydrogen-bond donors (Lipinski definition) is 0. The van der Waals surface area contributed by atoms with E-state index in [1.54, 1.807) is 0 Å². The molecule has 0 fully saturated rings. The summed E-state index contributed by atoms with van der Waals surface area (Å²) >= 11 is 17.4. The van der Waals surface area contributed by atoms with Crippen LogP contribution in [-0.4, -0.2) is 17.4 Å². The molecule has 0 amide bonds. The molecule has 17 heavy (non-hydrogen) atoms. The third-order valence-corrected chi connectivity index (χ3v) is 5.11. The minimum absolute atomic E-state index is 0.00882. The van der Waals surface area contributed by atoms with E-state index >= 15 is 0 Å². The summed E-state index contributed by atoms with van der Waals surface area (Å²) in [5.41, 5.74) is 0. The Kier molecular flexibility index (Phi) is 3.36. The fraction of sp³-hybridized carbons (Fsp3) is 0. The number of rotatable bonds is 2. The Balaban J connectivity index is 2.67. The molecule has 1 aromatic heterocycles. The van der Waals surface area contributed by atoms with Gasteiger partial charge in [-0.05, 0) is 12.1 Å². The van der Waals surface area contributed by atoms with Crippen molar-refractivity contribution in [3.05, 3.63) is 45.9 Å². The van der Waals surface area contributed by atoms with Crippen molar-refractivity contribution in [1.82, 2.24) is 8.96 Å². The monoisotopic (exact) mass is 310 g/mol. The molecule has 0 bridgehead atoms. The van der Waals surface area contributed by atoms with E-state index in [0.29, 0.717) is 0 Å². The molecule has 1 heterocycles. The molecule has 0 saturated carbocycles. The van der Waals surface area contributed by atoms with Crippen LogP contribution in [0.25, 0.3) is 0 Å². The molecule has 90 valence electrons. The van der Waals surface area contributed by atoms with E-state index in [2.05, 4.69) is 4.98 Å². The third kappa shape index (κ3) is 2.15. The van der Waals surface area contributed by atoms with Gasteiger partial charge in [0.15, 0.2) is 0 Å². The van der Waals surface area contributed by atoms with Crippen molar-refractivity contribution in [3.8, 4) is 0 Å². The highest BCUT2D eigenvalue weighted by Crippen LogP contribution is 2.35. The first kappa shape index (κ1) is 12.7. The van der Waals surface area contributed by atoms with Gasteiger partial charge in [-0.3, -0.25) is 0 Å². The average molecular weight is 312 g/mol. The SMILES string of the molecule is O=S(=O)(c1ccc(Cl)c(Cl)c1Cl)n1ccnc1. The minimum atomic E-state index is -3.79. The maximum atomic E-state index is 12.1. The van der Waals surface area contributed by atoms with Crippen LogP contribution in [0.15, 0.2) is 35.7 Å². The van der Waals surface area contributed by atoms with Crippen LogP contribution in [0.4, 0.5) is 0 Å². The number of aromatic nitrogens is 2. The number of nitrogens with zero attached hydrogens (tertiary/aromatic N) is 2. The lowest BCUT2D eigenvalue weighted by atomic mass is 10.4. The van der Waals surface area contributed by atoms with Gasteiger partial charge in [-0.15, -0.1) is 0 Å². The minimum Gasteiger partial charge on any atom is -0.244 e. The Morgan fingerprint density at radius 1 is 1.12 bits per heavy atom. The summed E-state index contributed by atoms with van der Waals surface area (Å²) in [5.74, 6) is 0. The summed E-state index contributed by atoms with van der Waals surface area (Å²) in [5, 5.41) is 0.101. The molecule has 0 N–H and O–H groups in total. The summed E-state index contributed by atoms with van der Waals surface area (Å²) in [6.07, 6.45) is 3.81. The lowest BCUT2D eigenvalue weighted by Crippen LogP contribution is -2.11. The van der Waals surface area contributed by atoms with Crippen molar-refractivity contribution < 1.29 is 8.42 Å². The predicted molar refractivity (Wildman–Crippen MR) is 66.3 cm³/mol.